The van der Waals surface area contributed by atoms with Gasteiger partial charge in [0.2, 0.25) is 0 Å². The summed E-state index contributed by atoms with van der Waals surface area (Å²) in [4.78, 5) is 0. The van der Waals surface area contributed by atoms with Gasteiger partial charge in [0, 0.05) is 26.8 Å². The SMILES string of the molecule is CCCn1nccc1CNN(C)C. The van der Waals surface area contributed by atoms with Crippen LogP contribution >= 0.6 is 0 Å². The van der Waals surface area contributed by atoms with Crippen LogP contribution in [0.2, 0.25) is 0 Å². The third-order valence-corrected chi connectivity index (χ3v) is 1.82. The highest BCUT2D eigenvalue weighted by molar-refractivity contribution is 4.99. The van der Waals surface area contributed by atoms with Crippen molar-refractivity contribution in [1.29, 1.82) is 0 Å². The topological polar surface area (TPSA) is 33.1 Å². The molecule has 1 aromatic heterocycles. The van der Waals surface area contributed by atoms with Crippen LogP contribution in [0.1, 0.15) is 19.0 Å². The van der Waals surface area contributed by atoms with Crippen LogP contribution in [0.25, 0.3) is 0 Å². The predicted octanol–water partition coefficient (Wildman–Crippen LogP) is 0.859. The smallest absolute Gasteiger partial charge is 0.0536 e. The van der Waals surface area contributed by atoms with E-state index in [9.17, 15) is 0 Å². The summed E-state index contributed by atoms with van der Waals surface area (Å²) in [6.07, 6.45) is 2.97. The average molecular weight is 182 g/mol. The molecule has 0 radical (unpaired) electrons. The van der Waals surface area contributed by atoms with Gasteiger partial charge in [0.25, 0.3) is 0 Å². The van der Waals surface area contributed by atoms with Gasteiger partial charge in [0.05, 0.1) is 12.2 Å². The third kappa shape index (κ3) is 3.16. The van der Waals surface area contributed by atoms with E-state index in [1.807, 2.05) is 36.0 Å². The Morgan fingerprint density at radius 2 is 2.31 bits per heavy atom. The maximum Gasteiger partial charge on any atom is 0.0536 e. The summed E-state index contributed by atoms with van der Waals surface area (Å²) < 4.78 is 2.04. The van der Waals surface area contributed by atoms with Crippen molar-refractivity contribution in [3.8, 4) is 0 Å². The largest absolute Gasteiger partial charge is 0.268 e. The van der Waals surface area contributed by atoms with Crippen molar-refractivity contribution in [3.05, 3.63) is 18.0 Å². The van der Waals surface area contributed by atoms with Gasteiger partial charge < -0.3 is 0 Å². The van der Waals surface area contributed by atoms with Gasteiger partial charge in [-0.05, 0) is 12.5 Å². The maximum absolute atomic E-state index is 4.24. The van der Waals surface area contributed by atoms with Crippen LogP contribution in [0.5, 0.6) is 0 Å². The van der Waals surface area contributed by atoms with Gasteiger partial charge in [-0.1, -0.05) is 6.92 Å². The van der Waals surface area contributed by atoms with Crippen molar-refractivity contribution >= 4 is 0 Å². The monoisotopic (exact) mass is 182 g/mol. The molecule has 0 bridgehead atoms. The second-order valence-corrected chi connectivity index (χ2v) is 3.28. The van der Waals surface area contributed by atoms with Gasteiger partial charge in [-0.2, -0.15) is 5.10 Å². The molecular weight excluding hydrogens is 164 g/mol. The quantitative estimate of drug-likeness (QED) is 0.686. The highest BCUT2D eigenvalue weighted by atomic mass is 15.5. The standard InChI is InChI=1S/C9H18N4/c1-4-7-13-9(5-6-10-13)8-11-12(2)3/h5-6,11H,4,7-8H2,1-3H3. The summed E-state index contributed by atoms with van der Waals surface area (Å²) >= 11 is 0. The number of nitrogens with one attached hydrogen (secondary N) is 1. The molecule has 1 N–H and O–H groups in total. The molecule has 4 heteroatoms. The first kappa shape index (κ1) is 10.2. The summed E-state index contributed by atoms with van der Waals surface area (Å²) in [6, 6.07) is 2.05. The van der Waals surface area contributed by atoms with Crippen molar-refractivity contribution in [1.82, 2.24) is 20.2 Å². The average Bonchev–Trinajstić information content (AvgIpc) is 2.49. The van der Waals surface area contributed by atoms with Crippen LogP contribution in [-0.4, -0.2) is 28.9 Å². The Morgan fingerprint density at radius 1 is 1.54 bits per heavy atom. The highest BCUT2D eigenvalue weighted by Gasteiger charge is 2.00. The summed E-state index contributed by atoms with van der Waals surface area (Å²) in [6.45, 7) is 4.00. The van der Waals surface area contributed by atoms with Crippen molar-refractivity contribution in [2.75, 3.05) is 14.1 Å². The van der Waals surface area contributed by atoms with Gasteiger partial charge in [-0.15, -0.1) is 0 Å². The Morgan fingerprint density at radius 3 is 2.92 bits per heavy atom. The van der Waals surface area contributed by atoms with E-state index in [2.05, 4.69) is 17.4 Å². The molecule has 1 heterocycles. The van der Waals surface area contributed by atoms with Crippen LogP contribution in [0, 0.1) is 0 Å². The van der Waals surface area contributed by atoms with E-state index < -0.39 is 0 Å². The van der Waals surface area contributed by atoms with Crippen molar-refractivity contribution in [2.45, 2.75) is 26.4 Å². The van der Waals surface area contributed by atoms with Crippen LogP contribution < -0.4 is 5.43 Å². The molecule has 0 atom stereocenters. The first-order valence-corrected chi connectivity index (χ1v) is 4.65. The Bertz CT molecular complexity index is 242. The number of hydrogen-bond acceptors (Lipinski definition) is 3. The van der Waals surface area contributed by atoms with Gasteiger partial charge in [-0.3, -0.25) is 9.69 Å². The molecule has 0 spiro atoms. The fourth-order valence-corrected chi connectivity index (χ4v) is 1.16. The zero-order chi connectivity index (χ0) is 9.68. The van der Waals surface area contributed by atoms with Gasteiger partial charge in [0.1, 0.15) is 0 Å². The lowest BCUT2D eigenvalue weighted by Gasteiger charge is -2.12. The number of hydrazine groups is 1. The lowest BCUT2D eigenvalue weighted by Crippen LogP contribution is -2.30. The van der Waals surface area contributed by atoms with Crippen LogP contribution in [0.4, 0.5) is 0 Å². The van der Waals surface area contributed by atoms with E-state index in [1.165, 1.54) is 5.69 Å². The second-order valence-electron chi connectivity index (χ2n) is 3.28. The van der Waals surface area contributed by atoms with Gasteiger partial charge in [-0.25, -0.2) is 5.43 Å². The first-order chi connectivity index (χ1) is 6.24. The molecule has 0 aromatic carbocycles. The molecule has 1 rings (SSSR count). The number of aryl methyl sites for hydroxylation is 1. The number of rotatable bonds is 5. The summed E-state index contributed by atoms with van der Waals surface area (Å²) in [7, 11) is 3.97. The molecule has 0 aliphatic carbocycles. The zero-order valence-electron chi connectivity index (χ0n) is 8.62. The molecule has 1 aromatic rings. The Labute approximate surface area is 79.5 Å². The first-order valence-electron chi connectivity index (χ1n) is 4.65. The minimum atomic E-state index is 0.840. The van der Waals surface area contributed by atoms with E-state index in [0.29, 0.717) is 0 Å². The third-order valence-electron chi connectivity index (χ3n) is 1.82. The summed E-state index contributed by atoms with van der Waals surface area (Å²) in [5.41, 5.74) is 4.45. The normalized spacial score (nSPS) is 11.1. The molecule has 4 nitrogen and oxygen atoms in total. The van der Waals surface area contributed by atoms with E-state index >= 15 is 0 Å². The number of aromatic nitrogens is 2. The van der Waals surface area contributed by atoms with E-state index in [4.69, 9.17) is 0 Å². The molecule has 0 unspecified atom stereocenters. The predicted molar refractivity (Wildman–Crippen MR) is 53.0 cm³/mol. The maximum atomic E-state index is 4.24. The molecule has 0 saturated carbocycles. The summed E-state index contributed by atoms with van der Waals surface area (Å²) in [5, 5.41) is 6.19. The molecular formula is C9H18N4. The van der Waals surface area contributed by atoms with Crippen LogP contribution in [-0.2, 0) is 13.1 Å². The minimum absolute atomic E-state index is 0.840. The van der Waals surface area contributed by atoms with Crippen molar-refractivity contribution in [2.24, 2.45) is 0 Å². The van der Waals surface area contributed by atoms with Gasteiger partial charge >= 0.3 is 0 Å². The molecule has 0 aliphatic rings. The van der Waals surface area contributed by atoms with Crippen molar-refractivity contribution in [3.63, 3.8) is 0 Å². The zero-order valence-corrected chi connectivity index (χ0v) is 8.62. The second kappa shape index (κ2) is 4.99. The van der Waals surface area contributed by atoms with E-state index in [-0.39, 0.29) is 0 Å². The highest BCUT2D eigenvalue weighted by Crippen LogP contribution is 1.99. The number of nitrogens with zero attached hydrogens (tertiary/aromatic N) is 3. The van der Waals surface area contributed by atoms with Crippen LogP contribution in [0.15, 0.2) is 12.3 Å². The fraction of sp³-hybridized carbons (Fsp3) is 0.667. The molecule has 13 heavy (non-hydrogen) atoms. The lowest BCUT2D eigenvalue weighted by molar-refractivity contribution is 0.280. The summed E-state index contributed by atoms with van der Waals surface area (Å²) in [5.74, 6) is 0. The molecule has 0 saturated heterocycles. The Kier molecular flexibility index (Phi) is 3.92. The van der Waals surface area contributed by atoms with Gasteiger partial charge in [0.15, 0.2) is 0 Å². The Hall–Kier alpha value is -0.870. The van der Waals surface area contributed by atoms with E-state index in [0.717, 1.165) is 19.5 Å². The molecule has 74 valence electrons. The molecule has 0 amide bonds. The molecule has 0 fully saturated rings. The Balaban J connectivity index is 2.49. The van der Waals surface area contributed by atoms with E-state index in [1.54, 1.807) is 0 Å². The van der Waals surface area contributed by atoms with Crippen LogP contribution in [0.3, 0.4) is 0 Å². The minimum Gasteiger partial charge on any atom is -0.268 e. The number of hydrogen-bond donors (Lipinski definition) is 1. The fourth-order valence-electron chi connectivity index (χ4n) is 1.16. The van der Waals surface area contributed by atoms with Crippen molar-refractivity contribution < 1.29 is 0 Å². The lowest BCUT2D eigenvalue weighted by atomic mass is 10.4. The molecule has 0 aliphatic heterocycles.